The van der Waals surface area contributed by atoms with Crippen molar-refractivity contribution in [2.24, 2.45) is 5.84 Å². The molecule has 5 heteroatoms. The number of nitrogens with two attached hydrogens (primary N) is 1. The molecule has 0 radical (unpaired) electrons. The Labute approximate surface area is 103 Å². The van der Waals surface area contributed by atoms with Gasteiger partial charge in [-0.15, -0.1) is 11.3 Å². The van der Waals surface area contributed by atoms with Crippen molar-refractivity contribution < 1.29 is 4.42 Å². The third-order valence-corrected chi connectivity index (χ3v) is 3.91. The van der Waals surface area contributed by atoms with Crippen molar-refractivity contribution in [2.45, 2.75) is 19.4 Å². The van der Waals surface area contributed by atoms with Crippen molar-refractivity contribution in [3.63, 3.8) is 0 Å². The van der Waals surface area contributed by atoms with Crippen LogP contribution in [0.2, 0.25) is 5.02 Å². The van der Waals surface area contributed by atoms with Crippen molar-refractivity contribution in [3.05, 3.63) is 45.0 Å². The van der Waals surface area contributed by atoms with E-state index in [1.54, 1.807) is 17.6 Å². The van der Waals surface area contributed by atoms with Gasteiger partial charge in [0.25, 0.3) is 0 Å². The molecule has 0 spiro atoms. The minimum Gasteiger partial charge on any atom is -0.469 e. The van der Waals surface area contributed by atoms with Crippen LogP contribution < -0.4 is 11.3 Å². The standard InChI is InChI=1S/C11H13ClN2OS/c1-2-9-7(3-5-15-9)10(14-13)11-8(12)4-6-16-11/h3-6,10,14H,2,13H2,1H3. The van der Waals surface area contributed by atoms with Crippen molar-refractivity contribution in [1.82, 2.24) is 5.43 Å². The maximum Gasteiger partial charge on any atom is 0.108 e. The van der Waals surface area contributed by atoms with Crippen molar-refractivity contribution in [3.8, 4) is 0 Å². The maximum atomic E-state index is 6.11. The van der Waals surface area contributed by atoms with E-state index in [-0.39, 0.29) is 6.04 Å². The molecular weight excluding hydrogens is 244 g/mol. The highest BCUT2D eigenvalue weighted by Crippen LogP contribution is 2.34. The number of thiophene rings is 1. The molecule has 3 nitrogen and oxygen atoms in total. The van der Waals surface area contributed by atoms with E-state index in [4.69, 9.17) is 21.9 Å². The molecule has 2 rings (SSSR count). The fourth-order valence-electron chi connectivity index (χ4n) is 1.71. The second-order valence-corrected chi connectivity index (χ2v) is 4.74. The number of hydrazine groups is 1. The van der Waals surface area contributed by atoms with Gasteiger partial charge in [0.1, 0.15) is 5.76 Å². The topological polar surface area (TPSA) is 51.2 Å². The Kier molecular flexibility index (Phi) is 3.66. The highest BCUT2D eigenvalue weighted by molar-refractivity contribution is 7.10. The second kappa shape index (κ2) is 5.01. The van der Waals surface area contributed by atoms with E-state index < -0.39 is 0 Å². The zero-order valence-corrected chi connectivity index (χ0v) is 10.4. The van der Waals surface area contributed by atoms with Crippen LogP contribution >= 0.6 is 22.9 Å². The predicted molar refractivity (Wildman–Crippen MR) is 66.6 cm³/mol. The summed E-state index contributed by atoms with van der Waals surface area (Å²) in [7, 11) is 0. The molecule has 1 atom stereocenters. The van der Waals surface area contributed by atoms with Crippen LogP contribution in [-0.2, 0) is 6.42 Å². The summed E-state index contributed by atoms with van der Waals surface area (Å²) in [5.41, 5.74) is 3.84. The number of nitrogens with one attached hydrogen (secondary N) is 1. The van der Waals surface area contributed by atoms with Crippen LogP contribution in [0.3, 0.4) is 0 Å². The SMILES string of the molecule is CCc1occc1C(NN)c1sccc1Cl. The lowest BCUT2D eigenvalue weighted by molar-refractivity contribution is 0.503. The molecule has 1 unspecified atom stereocenters. The average molecular weight is 257 g/mol. The molecule has 0 aliphatic rings. The van der Waals surface area contributed by atoms with Crippen molar-refractivity contribution >= 4 is 22.9 Å². The van der Waals surface area contributed by atoms with E-state index in [1.165, 1.54) is 0 Å². The third-order valence-electron chi connectivity index (χ3n) is 2.49. The van der Waals surface area contributed by atoms with E-state index >= 15 is 0 Å². The number of rotatable bonds is 4. The molecule has 3 N–H and O–H groups in total. The van der Waals surface area contributed by atoms with Gasteiger partial charge >= 0.3 is 0 Å². The quantitative estimate of drug-likeness (QED) is 0.653. The van der Waals surface area contributed by atoms with Gasteiger partial charge in [0, 0.05) is 16.9 Å². The fraction of sp³-hybridized carbons (Fsp3) is 0.273. The first-order valence-electron chi connectivity index (χ1n) is 5.03. The van der Waals surface area contributed by atoms with Gasteiger partial charge in [-0.05, 0) is 17.5 Å². The Bertz CT molecular complexity index is 466. The number of halogens is 1. The van der Waals surface area contributed by atoms with Crippen molar-refractivity contribution in [1.29, 1.82) is 0 Å². The van der Waals surface area contributed by atoms with Crippen LogP contribution in [0, 0.1) is 0 Å². The molecule has 0 aliphatic carbocycles. The Hall–Kier alpha value is -0.810. The first-order valence-corrected chi connectivity index (χ1v) is 6.29. The molecule has 0 saturated heterocycles. The molecule has 0 saturated carbocycles. The lowest BCUT2D eigenvalue weighted by atomic mass is 10.1. The van der Waals surface area contributed by atoms with E-state index in [2.05, 4.69) is 5.43 Å². The summed E-state index contributed by atoms with van der Waals surface area (Å²) in [6.07, 6.45) is 2.52. The van der Waals surface area contributed by atoms with Crippen LogP contribution in [0.25, 0.3) is 0 Å². The van der Waals surface area contributed by atoms with E-state index in [1.807, 2.05) is 24.4 Å². The van der Waals surface area contributed by atoms with Gasteiger partial charge in [0.05, 0.1) is 17.3 Å². The summed E-state index contributed by atoms with van der Waals surface area (Å²) < 4.78 is 5.40. The molecular formula is C11H13ClN2OS. The lowest BCUT2D eigenvalue weighted by Gasteiger charge is -2.14. The highest BCUT2D eigenvalue weighted by Gasteiger charge is 2.21. The molecule has 0 fully saturated rings. The largest absolute Gasteiger partial charge is 0.469 e. The fourth-order valence-corrected chi connectivity index (χ4v) is 2.96. The maximum absolute atomic E-state index is 6.11. The van der Waals surface area contributed by atoms with Crippen molar-refractivity contribution in [2.75, 3.05) is 0 Å². The summed E-state index contributed by atoms with van der Waals surface area (Å²) in [5.74, 6) is 6.54. The Morgan fingerprint density at radius 3 is 2.94 bits per heavy atom. The molecule has 0 bridgehead atoms. The van der Waals surface area contributed by atoms with Gasteiger partial charge in [-0.25, -0.2) is 5.43 Å². The average Bonchev–Trinajstić information content (AvgIpc) is 2.90. The van der Waals surface area contributed by atoms with E-state index in [0.717, 1.165) is 27.6 Å². The van der Waals surface area contributed by atoms with Gasteiger partial charge in [-0.3, -0.25) is 5.84 Å². The van der Waals surface area contributed by atoms with Crippen LogP contribution in [-0.4, -0.2) is 0 Å². The Balaban J connectivity index is 2.40. The smallest absolute Gasteiger partial charge is 0.108 e. The van der Waals surface area contributed by atoms with Gasteiger partial charge in [0.15, 0.2) is 0 Å². The second-order valence-electron chi connectivity index (χ2n) is 3.39. The normalized spacial score (nSPS) is 12.9. The molecule has 0 aromatic carbocycles. The monoisotopic (exact) mass is 256 g/mol. The minimum absolute atomic E-state index is 0.0961. The molecule has 2 heterocycles. The van der Waals surface area contributed by atoms with Gasteiger partial charge in [-0.2, -0.15) is 0 Å². The Morgan fingerprint density at radius 2 is 2.38 bits per heavy atom. The summed E-state index contributed by atoms with van der Waals surface area (Å²) in [6, 6.07) is 3.71. The number of hydrogen-bond acceptors (Lipinski definition) is 4. The summed E-state index contributed by atoms with van der Waals surface area (Å²) >= 11 is 7.69. The van der Waals surface area contributed by atoms with Crippen LogP contribution in [0.15, 0.2) is 28.2 Å². The number of furan rings is 1. The van der Waals surface area contributed by atoms with Crippen LogP contribution in [0.5, 0.6) is 0 Å². The zero-order chi connectivity index (χ0) is 11.5. The predicted octanol–water partition coefficient (Wildman–Crippen LogP) is 3.11. The lowest BCUT2D eigenvalue weighted by Crippen LogP contribution is -2.28. The zero-order valence-electron chi connectivity index (χ0n) is 8.87. The highest BCUT2D eigenvalue weighted by atomic mass is 35.5. The molecule has 0 aliphatic heterocycles. The Morgan fingerprint density at radius 1 is 1.56 bits per heavy atom. The summed E-state index contributed by atoms with van der Waals surface area (Å²) in [5, 5.41) is 2.68. The van der Waals surface area contributed by atoms with Gasteiger partial charge in [0.2, 0.25) is 0 Å². The summed E-state index contributed by atoms with van der Waals surface area (Å²) in [4.78, 5) is 1.01. The first-order chi connectivity index (χ1) is 7.77. The summed E-state index contributed by atoms with van der Waals surface area (Å²) in [6.45, 7) is 2.05. The minimum atomic E-state index is -0.0961. The van der Waals surface area contributed by atoms with Crippen LogP contribution in [0.1, 0.15) is 29.2 Å². The van der Waals surface area contributed by atoms with Gasteiger partial charge < -0.3 is 4.42 Å². The molecule has 16 heavy (non-hydrogen) atoms. The molecule has 2 aromatic heterocycles. The molecule has 2 aromatic rings. The van der Waals surface area contributed by atoms with E-state index in [9.17, 15) is 0 Å². The third kappa shape index (κ3) is 2.01. The van der Waals surface area contributed by atoms with Crippen LogP contribution in [0.4, 0.5) is 0 Å². The molecule has 0 amide bonds. The van der Waals surface area contributed by atoms with Gasteiger partial charge in [-0.1, -0.05) is 18.5 Å². The molecule has 86 valence electrons. The number of aryl methyl sites for hydroxylation is 1. The first kappa shape index (κ1) is 11.7. The van der Waals surface area contributed by atoms with E-state index in [0.29, 0.717) is 0 Å². The number of hydrogen-bond donors (Lipinski definition) is 2.